The number of rotatable bonds is 6. The molecule has 1 N–H and O–H groups in total. The van der Waals surface area contributed by atoms with Gasteiger partial charge in [0.05, 0.1) is 5.69 Å². The number of anilines is 2. The van der Waals surface area contributed by atoms with Gasteiger partial charge >= 0.3 is 0 Å². The lowest BCUT2D eigenvalue weighted by Crippen LogP contribution is -2.34. The molecule has 1 aliphatic rings. The summed E-state index contributed by atoms with van der Waals surface area (Å²) in [6.45, 7) is 2.94. The highest BCUT2D eigenvalue weighted by molar-refractivity contribution is 5.65. The van der Waals surface area contributed by atoms with Crippen molar-refractivity contribution in [3.05, 3.63) is 96.8 Å². The van der Waals surface area contributed by atoms with Gasteiger partial charge in [-0.2, -0.15) is 0 Å². The Balaban J connectivity index is 1.43. The van der Waals surface area contributed by atoms with E-state index < -0.39 is 0 Å². The van der Waals surface area contributed by atoms with Crippen molar-refractivity contribution in [2.24, 2.45) is 0 Å². The first kappa shape index (κ1) is 20.3. The van der Waals surface area contributed by atoms with Gasteiger partial charge < -0.3 is 5.32 Å². The van der Waals surface area contributed by atoms with E-state index in [1.54, 1.807) is 12.4 Å². The zero-order valence-corrected chi connectivity index (χ0v) is 17.9. The van der Waals surface area contributed by atoms with E-state index in [-0.39, 0.29) is 0 Å². The van der Waals surface area contributed by atoms with E-state index in [2.05, 4.69) is 26.3 Å². The van der Waals surface area contributed by atoms with Gasteiger partial charge in [0, 0.05) is 61.1 Å². The second kappa shape index (κ2) is 9.66. The van der Waals surface area contributed by atoms with Gasteiger partial charge in [-0.3, -0.25) is 14.9 Å². The molecule has 0 saturated carbocycles. The summed E-state index contributed by atoms with van der Waals surface area (Å²) in [5.41, 5.74) is 4.22. The fourth-order valence-electron chi connectivity index (χ4n) is 4.21. The summed E-state index contributed by atoms with van der Waals surface area (Å²) in [7, 11) is 0. The Kier molecular flexibility index (Phi) is 6.12. The van der Waals surface area contributed by atoms with Crippen molar-refractivity contribution in [2.45, 2.75) is 25.3 Å². The fraction of sp³-hybridized carbons (Fsp3) is 0.231. The molecular weight excluding hydrogens is 396 g/mol. The van der Waals surface area contributed by atoms with Crippen LogP contribution in [0.1, 0.15) is 30.1 Å². The fourth-order valence-corrected chi connectivity index (χ4v) is 4.21. The van der Waals surface area contributed by atoms with E-state index in [0.717, 1.165) is 61.1 Å². The van der Waals surface area contributed by atoms with E-state index in [1.807, 2.05) is 67.0 Å². The number of para-hydroxylation sites is 1. The van der Waals surface area contributed by atoms with E-state index in [9.17, 15) is 0 Å². The van der Waals surface area contributed by atoms with Crippen LogP contribution in [-0.4, -0.2) is 37.9 Å². The van der Waals surface area contributed by atoms with Gasteiger partial charge in [0.2, 0.25) is 0 Å². The summed E-state index contributed by atoms with van der Waals surface area (Å²) < 4.78 is 0. The molecule has 5 rings (SSSR count). The van der Waals surface area contributed by atoms with E-state index in [1.165, 1.54) is 5.56 Å². The van der Waals surface area contributed by atoms with Gasteiger partial charge in [-0.1, -0.05) is 24.3 Å². The number of benzene rings is 1. The summed E-state index contributed by atoms with van der Waals surface area (Å²) in [6.07, 6.45) is 9.60. The molecule has 6 nitrogen and oxygen atoms in total. The second-order valence-corrected chi connectivity index (χ2v) is 8.16. The van der Waals surface area contributed by atoms with Gasteiger partial charge in [0.1, 0.15) is 11.6 Å². The van der Waals surface area contributed by atoms with Crippen LogP contribution in [0.5, 0.6) is 0 Å². The maximum atomic E-state index is 4.99. The van der Waals surface area contributed by atoms with Crippen molar-refractivity contribution >= 4 is 11.5 Å². The third-order valence-electron chi connectivity index (χ3n) is 5.77. The Morgan fingerprint density at radius 3 is 2.59 bits per heavy atom. The molecule has 0 aliphatic carbocycles. The standard InChI is InChI=1S/C26H26N6/c1-2-8-23(9-3-1)29-25-16-24(21-10-13-27-14-11-21)30-26(31-25)22-7-5-15-32(19-22)18-20-6-4-12-28-17-20/h1-4,6,8-14,16-17,22H,5,7,15,18-19H2,(H,29,30,31)/t22-/m1/s1. The topological polar surface area (TPSA) is 66.8 Å². The summed E-state index contributed by atoms with van der Waals surface area (Å²) >= 11 is 0. The second-order valence-electron chi connectivity index (χ2n) is 8.16. The molecule has 0 spiro atoms. The van der Waals surface area contributed by atoms with E-state index in [4.69, 9.17) is 9.97 Å². The monoisotopic (exact) mass is 422 g/mol. The summed E-state index contributed by atoms with van der Waals surface area (Å²) in [4.78, 5) is 20.8. The van der Waals surface area contributed by atoms with Crippen molar-refractivity contribution in [1.29, 1.82) is 0 Å². The lowest BCUT2D eigenvalue weighted by molar-refractivity contribution is 0.196. The van der Waals surface area contributed by atoms with Crippen molar-refractivity contribution in [1.82, 2.24) is 24.8 Å². The highest BCUT2D eigenvalue weighted by Gasteiger charge is 2.24. The minimum absolute atomic E-state index is 0.290. The Bertz CT molecular complexity index is 1130. The average Bonchev–Trinajstić information content (AvgIpc) is 2.86. The molecule has 3 aromatic heterocycles. The SMILES string of the molecule is c1ccc(Nc2cc(-c3ccncc3)nc([C@@H]3CCCN(Cc4cccnc4)C3)n2)cc1. The Hall–Kier alpha value is -3.64. The zero-order valence-electron chi connectivity index (χ0n) is 17.9. The number of hydrogen-bond acceptors (Lipinski definition) is 6. The molecule has 1 saturated heterocycles. The Morgan fingerprint density at radius 1 is 0.906 bits per heavy atom. The van der Waals surface area contributed by atoms with Gasteiger partial charge in [-0.15, -0.1) is 0 Å². The van der Waals surface area contributed by atoms with Gasteiger partial charge in [-0.05, 0) is 55.3 Å². The molecule has 1 atom stereocenters. The van der Waals surface area contributed by atoms with Gasteiger partial charge in [0.15, 0.2) is 0 Å². The van der Waals surface area contributed by atoms with Crippen molar-refractivity contribution in [3.8, 4) is 11.3 Å². The molecule has 32 heavy (non-hydrogen) atoms. The van der Waals surface area contributed by atoms with Crippen LogP contribution in [0.2, 0.25) is 0 Å². The van der Waals surface area contributed by atoms with Crippen LogP contribution >= 0.6 is 0 Å². The summed E-state index contributed by atoms with van der Waals surface area (Å²) in [5, 5.41) is 3.46. The third kappa shape index (κ3) is 4.98. The van der Waals surface area contributed by atoms with Crippen LogP contribution < -0.4 is 5.32 Å². The maximum absolute atomic E-state index is 4.99. The minimum Gasteiger partial charge on any atom is -0.340 e. The molecule has 0 unspecified atom stereocenters. The molecule has 1 fully saturated rings. The highest BCUT2D eigenvalue weighted by Crippen LogP contribution is 2.29. The minimum atomic E-state index is 0.290. The van der Waals surface area contributed by atoms with Gasteiger partial charge in [0.25, 0.3) is 0 Å². The lowest BCUT2D eigenvalue weighted by Gasteiger charge is -2.32. The molecule has 0 radical (unpaired) electrons. The van der Waals surface area contributed by atoms with Crippen LogP contribution in [0.4, 0.5) is 11.5 Å². The predicted octanol–water partition coefficient (Wildman–Crippen LogP) is 5.06. The zero-order chi connectivity index (χ0) is 21.6. The quantitative estimate of drug-likeness (QED) is 0.469. The summed E-state index contributed by atoms with van der Waals surface area (Å²) in [6, 6.07) is 20.3. The number of pyridine rings is 2. The molecule has 1 aliphatic heterocycles. The maximum Gasteiger partial charge on any atom is 0.135 e. The van der Waals surface area contributed by atoms with Crippen LogP contribution in [0.25, 0.3) is 11.3 Å². The van der Waals surface area contributed by atoms with Crippen LogP contribution in [0.3, 0.4) is 0 Å². The lowest BCUT2D eigenvalue weighted by atomic mass is 9.96. The average molecular weight is 423 g/mol. The van der Waals surface area contributed by atoms with Crippen molar-refractivity contribution < 1.29 is 0 Å². The first-order chi connectivity index (χ1) is 15.8. The number of likely N-dealkylation sites (tertiary alicyclic amines) is 1. The number of piperidine rings is 1. The third-order valence-corrected chi connectivity index (χ3v) is 5.77. The van der Waals surface area contributed by atoms with E-state index in [0.29, 0.717) is 5.92 Å². The molecule has 4 aromatic rings. The smallest absolute Gasteiger partial charge is 0.135 e. The van der Waals surface area contributed by atoms with Gasteiger partial charge in [-0.25, -0.2) is 9.97 Å². The molecule has 0 amide bonds. The number of nitrogens with zero attached hydrogens (tertiary/aromatic N) is 5. The summed E-state index contributed by atoms with van der Waals surface area (Å²) in [5.74, 6) is 2.00. The molecular formula is C26H26N6. The van der Waals surface area contributed by atoms with Crippen LogP contribution in [-0.2, 0) is 6.54 Å². The molecule has 6 heteroatoms. The van der Waals surface area contributed by atoms with E-state index >= 15 is 0 Å². The van der Waals surface area contributed by atoms with Crippen LogP contribution in [0, 0.1) is 0 Å². The number of hydrogen-bond donors (Lipinski definition) is 1. The normalized spacial score (nSPS) is 16.6. The van der Waals surface area contributed by atoms with Crippen LogP contribution in [0.15, 0.2) is 85.5 Å². The number of nitrogens with one attached hydrogen (secondary N) is 1. The largest absolute Gasteiger partial charge is 0.340 e. The molecule has 0 bridgehead atoms. The van der Waals surface area contributed by atoms with Crippen molar-refractivity contribution in [3.63, 3.8) is 0 Å². The number of aromatic nitrogens is 4. The first-order valence-electron chi connectivity index (χ1n) is 11.1. The molecule has 4 heterocycles. The Morgan fingerprint density at radius 2 is 1.78 bits per heavy atom. The first-order valence-corrected chi connectivity index (χ1v) is 11.1. The predicted molar refractivity (Wildman–Crippen MR) is 126 cm³/mol. The van der Waals surface area contributed by atoms with Crippen molar-refractivity contribution in [2.75, 3.05) is 18.4 Å². The molecule has 160 valence electrons. The highest BCUT2D eigenvalue weighted by atomic mass is 15.1. The Labute approximate surface area is 188 Å². The molecule has 1 aromatic carbocycles.